The standard InChI is InChI=1S/C43H56F3N5O10S/c1-7-25-19-24(2)11-8-9-12-26-22-42(26,38(54)50-62(56,57)41(5)16-17-41)49-34(52)32-21-28(23-51(32)37(53)33(25)47-39(55)61-40(3,4)43(44,45)46)60-36-30-15-14-27(58-6)20-31(30)29-13-10-18-59-35(29)48-36/h9,12,14-15,20,24-26,28,32-33H,7-8,10-11,13,16-19,21-23H2,1-6H3,(H,47,55)(H,49,52)(H,50,54)/b12-9-/t24-,25+,26+,28+,32-,33-,42+/m0/s1. The second kappa shape index (κ2) is 16.7. The van der Waals surface area contributed by atoms with Crippen LogP contribution in [0.2, 0.25) is 0 Å². The van der Waals surface area contributed by atoms with Gasteiger partial charge in [0.1, 0.15) is 29.5 Å². The van der Waals surface area contributed by atoms with Gasteiger partial charge in [0, 0.05) is 23.3 Å². The topological polar surface area (TPSA) is 192 Å². The lowest BCUT2D eigenvalue weighted by Gasteiger charge is -2.35. The number of pyridine rings is 1. The summed E-state index contributed by atoms with van der Waals surface area (Å²) in [4.78, 5) is 63.0. The van der Waals surface area contributed by atoms with Crippen molar-refractivity contribution in [1.29, 1.82) is 0 Å². The molecule has 4 amide bonds. The van der Waals surface area contributed by atoms with Crippen molar-refractivity contribution in [3.05, 3.63) is 35.9 Å². The van der Waals surface area contributed by atoms with Crippen molar-refractivity contribution in [3.63, 3.8) is 0 Å². The number of sulfonamides is 1. The summed E-state index contributed by atoms with van der Waals surface area (Å²) < 4.78 is 92.1. The van der Waals surface area contributed by atoms with Gasteiger partial charge in [-0.3, -0.25) is 19.1 Å². The van der Waals surface area contributed by atoms with E-state index in [1.54, 1.807) is 39.2 Å². The van der Waals surface area contributed by atoms with Gasteiger partial charge >= 0.3 is 12.3 Å². The molecule has 7 rings (SSSR count). The molecule has 3 fully saturated rings. The van der Waals surface area contributed by atoms with Crippen LogP contribution in [0.25, 0.3) is 10.8 Å². The highest BCUT2D eigenvalue weighted by Crippen LogP contribution is 2.48. The summed E-state index contributed by atoms with van der Waals surface area (Å²) >= 11 is 0. The van der Waals surface area contributed by atoms with E-state index in [1.165, 1.54) is 4.90 Å². The Morgan fingerprint density at radius 1 is 1.13 bits per heavy atom. The number of hydrogen-bond acceptors (Lipinski definition) is 11. The van der Waals surface area contributed by atoms with Gasteiger partial charge in [0.15, 0.2) is 0 Å². The Morgan fingerprint density at radius 2 is 1.87 bits per heavy atom. The maximum absolute atomic E-state index is 15.0. The highest BCUT2D eigenvalue weighted by Gasteiger charge is 2.63. The van der Waals surface area contributed by atoms with Gasteiger partial charge < -0.3 is 34.5 Å². The quantitative estimate of drug-likeness (QED) is 0.265. The third-order valence-electron chi connectivity index (χ3n) is 13.2. The number of carbonyl (C=O) groups is 4. The van der Waals surface area contributed by atoms with E-state index in [1.807, 2.05) is 19.1 Å². The van der Waals surface area contributed by atoms with Crippen molar-refractivity contribution in [3.8, 4) is 17.5 Å². The van der Waals surface area contributed by atoms with Gasteiger partial charge in [0.05, 0.1) is 25.0 Å². The average Bonchev–Trinajstić information content (AvgIpc) is 4.09. The Bertz CT molecular complexity index is 2250. The molecule has 3 N–H and O–H groups in total. The van der Waals surface area contributed by atoms with E-state index < -0.39 is 85.9 Å². The number of ether oxygens (including phenoxy) is 4. The predicted molar refractivity (Wildman–Crippen MR) is 220 cm³/mol. The number of alkyl halides is 3. The van der Waals surface area contributed by atoms with Gasteiger partial charge in [-0.1, -0.05) is 32.4 Å². The molecule has 0 unspecified atom stereocenters. The first-order chi connectivity index (χ1) is 29.1. The van der Waals surface area contributed by atoms with Crippen molar-refractivity contribution in [2.24, 2.45) is 17.8 Å². The summed E-state index contributed by atoms with van der Waals surface area (Å²) in [5.74, 6) is -2.51. The van der Waals surface area contributed by atoms with Crippen LogP contribution in [0.5, 0.6) is 17.5 Å². The van der Waals surface area contributed by atoms with E-state index in [0.717, 1.165) is 17.4 Å². The first kappa shape index (κ1) is 45.2. The summed E-state index contributed by atoms with van der Waals surface area (Å²) in [6.07, 6.45) is 0.436. The smallest absolute Gasteiger partial charge is 0.427 e. The number of nitrogens with one attached hydrogen (secondary N) is 3. The number of carbonyl (C=O) groups excluding carboxylic acids is 4. The number of benzene rings is 1. The monoisotopic (exact) mass is 891 g/mol. The normalized spacial score (nSPS) is 29.3. The fourth-order valence-corrected chi connectivity index (χ4v) is 10.0. The van der Waals surface area contributed by atoms with Crippen molar-refractivity contribution in [1.82, 2.24) is 25.2 Å². The van der Waals surface area contributed by atoms with Gasteiger partial charge in [0.25, 0.3) is 5.91 Å². The second-order valence-electron chi connectivity index (χ2n) is 18.2. The molecular formula is C43H56F3N5O10S. The van der Waals surface area contributed by atoms with E-state index in [4.69, 9.17) is 23.9 Å². The molecule has 62 heavy (non-hydrogen) atoms. The maximum Gasteiger partial charge on any atom is 0.427 e. The van der Waals surface area contributed by atoms with Crippen molar-refractivity contribution < 1.29 is 59.7 Å². The number of nitrogens with zero attached hydrogens (tertiary/aromatic N) is 2. The minimum absolute atomic E-state index is 0.0411. The number of methoxy groups -OCH3 is 1. The first-order valence-electron chi connectivity index (χ1n) is 21.3. The number of rotatable bonds is 9. The number of aryl methyl sites for hydroxylation is 1. The number of halogens is 3. The first-order valence-corrected chi connectivity index (χ1v) is 22.8. The third-order valence-corrected chi connectivity index (χ3v) is 15.4. The van der Waals surface area contributed by atoms with Gasteiger partial charge in [-0.05, 0) is 108 Å². The van der Waals surface area contributed by atoms with Crippen molar-refractivity contribution in [2.75, 3.05) is 20.3 Å². The third kappa shape index (κ3) is 8.87. The number of allylic oxidation sites excluding steroid dienone is 1. The number of aromatic nitrogens is 1. The lowest BCUT2D eigenvalue weighted by molar-refractivity contribution is -0.244. The molecule has 1 aromatic heterocycles. The van der Waals surface area contributed by atoms with Gasteiger partial charge in [-0.15, -0.1) is 0 Å². The molecule has 0 spiro atoms. The fraction of sp³-hybridized carbons (Fsp3) is 0.651. The number of hydrogen-bond donors (Lipinski definition) is 3. The van der Waals surface area contributed by atoms with Crippen LogP contribution in [0.1, 0.15) is 98.0 Å². The molecule has 7 atom stereocenters. The van der Waals surface area contributed by atoms with Crippen molar-refractivity contribution >= 4 is 44.6 Å². The Hall–Kier alpha value is -4.81. The molecule has 340 valence electrons. The van der Waals surface area contributed by atoms with E-state index in [-0.39, 0.29) is 31.2 Å². The molecule has 15 nitrogen and oxygen atoms in total. The Labute approximate surface area is 359 Å². The zero-order chi connectivity index (χ0) is 45.0. The summed E-state index contributed by atoms with van der Waals surface area (Å²) in [6.45, 7) is 6.91. The van der Waals surface area contributed by atoms with Crippen LogP contribution in [0.15, 0.2) is 30.4 Å². The summed E-state index contributed by atoms with van der Waals surface area (Å²) in [7, 11) is -2.54. The minimum atomic E-state index is -4.92. The van der Waals surface area contributed by atoms with Gasteiger partial charge in [-0.25, -0.2) is 13.2 Å². The van der Waals surface area contributed by atoms with Crippen LogP contribution in [0, 0.1) is 17.8 Å². The zero-order valence-corrected chi connectivity index (χ0v) is 36.7. The van der Waals surface area contributed by atoms with Crippen LogP contribution in [-0.4, -0.2) is 103 Å². The van der Waals surface area contributed by atoms with Crippen LogP contribution >= 0.6 is 0 Å². The molecule has 19 heteroatoms. The van der Waals surface area contributed by atoms with E-state index in [9.17, 15) is 36.0 Å². The molecule has 0 bridgehead atoms. The minimum Gasteiger partial charge on any atom is -0.497 e. The molecule has 3 aliphatic heterocycles. The van der Waals surface area contributed by atoms with Crippen molar-refractivity contribution in [2.45, 2.75) is 139 Å². The lowest BCUT2D eigenvalue weighted by Crippen LogP contribution is -2.60. The largest absolute Gasteiger partial charge is 0.497 e. The molecule has 4 heterocycles. The van der Waals surface area contributed by atoms with E-state index in [2.05, 4.69) is 15.4 Å². The van der Waals surface area contributed by atoms with E-state index in [0.29, 0.717) is 82.4 Å². The SMILES string of the molecule is CC[C@@H]1C[C@@H](C)CC/C=C\[C@@H]2C[C@@]2(C(=O)NS(=O)(=O)C2(C)CC2)NC(=O)[C@@H]2C[C@@H](Oc3nc4c(c5cc(OC)ccc35)CCCO4)CN2C(=O)[C@H]1NC(=O)OC(C)(C)C(F)(F)F. The molecule has 5 aliphatic rings. The van der Waals surface area contributed by atoms with Crippen LogP contribution in [0.4, 0.5) is 18.0 Å². The summed E-state index contributed by atoms with van der Waals surface area (Å²) in [5, 5.41) is 6.68. The highest BCUT2D eigenvalue weighted by molar-refractivity contribution is 7.91. The fourth-order valence-electron chi connectivity index (χ4n) is 8.71. The number of amides is 4. The Balaban J connectivity index is 1.26. The molecule has 2 aliphatic carbocycles. The lowest BCUT2D eigenvalue weighted by atomic mass is 9.85. The Morgan fingerprint density at radius 3 is 2.55 bits per heavy atom. The van der Waals surface area contributed by atoms with Crippen LogP contribution in [0.3, 0.4) is 0 Å². The van der Waals surface area contributed by atoms with Gasteiger partial charge in [0.2, 0.25) is 39.2 Å². The zero-order valence-electron chi connectivity index (χ0n) is 35.9. The number of fused-ring (bicyclic) bond motifs is 5. The molecule has 1 saturated heterocycles. The number of alkyl carbamates (subject to hydrolysis) is 1. The van der Waals surface area contributed by atoms with Crippen LogP contribution in [-0.2, 0) is 35.6 Å². The van der Waals surface area contributed by atoms with E-state index >= 15 is 4.79 Å². The summed E-state index contributed by atoms with van der Waals surface area (Å²) in [6, 6.07) is 2.61. The Kier molecular flexibility index (Phi) is 12.2. The highest BCUT2D eigenvalue weighted by atomic mass is 32.2. The molecule has 1 aromatic carbocycles. The van der Waals surface area contributed by atoms with Gasteiger partial charge in [-0.2, -0.15) is 18.2 Å². The molecule has 0 radical (unpaired) electrons. The summed E-state index contributed by atoms with van der Waals surface area (Å²) in [5.41, 5.74) is -3.68. The average molecular weight is 892 g/mol. The molecule has 2 aromatic rings. The molecule has 2 saturated carbocycles. The van der Waals surface area contributed by atoms with Crippen LogP contribution < -0.4 is 29.6 Å². The molecular weight excluding hydrogens is 836 g/mol. The second-order valence-corrected chi connectivity index (χ2v) is 20.4. The predicted octanol–water partition coefficient (Wildman–Crippen LogP) is 5.63. The maximum atomic E-state index is 15.0.